The summed E-state index contributed by atoms with van der Waals surface area (Å²) in [5.41, 5.74) is 12.7. The highest BCUT2D eigenvalue weighted by Crippen LogP contribution is 2.48. The van der Waals surface area contributed by atoms with Gasteiger partial charge in [-0.05, 0) is 99.6 Å². The molecule has 10 aromatic rings. The van der Waals surface area contributed by atoms with Gasteiger partial charge < -0.3 is 9.30 Å². The molecule has 14 rings (SSSR count). The third kappa shape index (κ3) is 5.48. The van der Waals surface area contributed by atoms with Crippen LogP contribution >= 0.6 is 0 Å². The van der Waals surface area contributed by atoms with Crippen molar-refractivity contribution in [2.45, 2.75) is 11.3 Å². The lowest BCUT2D eigenvalue weighted by Crippen LogP contribution is -2.33. The standard InChI is InChI=1S/C59H37N4O3S/c64-67(65)57-28-14-13-27-55(57)66-56-35-48-47(36-58(56)67)44-32-39(63-49-23-9-7-20-41(49)42-21-8-10-24-50(42)63)29-30-40(44)45-33-53-54(34-46(45)43-22-15-31-60-59(43)48)62(38-18-5-2-6-19-38)52-26-12-11-25-51(52)61(53)37-16-3-1-4-17-37/h1-35H,36H2/q+1. The average Bonchev–Trinajstić information content (AvgIpc) is 3.72. The number of fused-ring (bicyclic) bond motifs is 12. The lowest BCUT2D eigenvalue weighted by Gasteiger charge is -2.30. The number of para-hydroxylation sites is 7. The topological polar surface area (TPSA) is 67.4 Å². The largest absolute Gasteiger partial charge is 0.455 e. The summed E-state index contributed by atoms with van der Waals surface area (Å²) in [6.45, 7) is 0. The van der Waals surface area contributed by atoms with E-state index in [2.05, 4.69) is 184 Å². The Kier molecular flexibility index (Phi) is 8.00. The van der Waals surface area contributed by atoms with Crippen molar-refractivity contribution in [2.75, 3.05) is 4.90 Å². The van der Waals surface area contributed by atoms with Crippen LogP contribution in [0.1, 0.15) is 12.1 Å². The maximum Gasteiger partial charge on any atom is 0.236 e. The number of ether oxygens (including phenoxy) is 1. The smallest absolute Gasteiger partial charge is 0.236 e. The summed E-state index contributed by atoms with van der Waals surface area (Å²) in [5.74, 6) is 0.648. The van der Waals surface area contributed by atoms with Crippen molar-refractivity contribution in [1.82, 2.24) is 14.1 Å². The molecular formula is C59H37N4O3S+. The van der Waals surface area contributed by atoms with E-state index in [1.165, 1.54) is 0 Å². The lowest BCUT2D eigenvalue weighted by molar-refractivity contribution is 0.419. The minimum atomic E-state index is -3.93. The molecular weight excluding hydrogens is 845 g/mol. The number of rotatable bonds is 3. The average molecular weight is 882 g/mol. The predicted octanol–water partition coefficient (Wildman–Crippen LogP) is 12.1. The molecule has 4 aliphatic rings. The van der Waals surface area contributed by atoms with Crippen LogP contribution in [0.4, 0.5) is 28.4 Å². The molecule has 4 heterocycles. The third-order valence-corrected chi connectivity index (χ3v) is 15.6. The molecule has 0 amide bonds. The third-order valence-electron chi connectivity index (χ3n) is 13.7. The molecule has 0 unspecified atom stereocenters. The number of anilines is 3. The van der Waals surface area contributed by atoms with Crippen LogP contribution in [-0.4, -0.2) is 18.0 Å². The zero-order valence-electron chi connectivity index (χ0n) is 35.8. The molecule has 8 heteroatoms. The van der Waals surface area contributed by atoms with Crippen molar-refractivity contribution in [1.29, 1.82) is 0 Å². The van der Waals surface area contributed by atoms with Crippen molar-refractivity contribution in [3.63, 3.8) is 0 Å². The molecule has 0 spiro atoms. The fourth-order valence-electron chi connectivity index (χ4n) is 10.8. The molecule has 0 atom stereocenters. The second-order valence-electron chi connectivity index (χ2n) is 17.3. The van der Waals surface area contributed by atoms with Crippen LogP contribution in [0.25, 0.3) is 49.8 Å². The number of allylic oxidation sites excluding steroid dienone is 3. The highest BCUT2D eigenvalue weighted by molar-refractivity contribution is 7.95. The summed E-state index contributed by atoms with van der Waals surface area (Å²) >= 11 is 0. The van der Waals surface area contributed by atoms with Gasteiger partial charge in [-0.15, -0.1) is 4.58 Å². The zero-order chi connectivity index (χ0) is 44.4. The normalized spacial score (nSPS) is 15.1. The minimum Gasteiger partial charge on any atom is -0.455 e. The zero-order valence-corrected chi connectivity index (χ0v) is 36.7. The van der Waals surface area contributed by atoms with E-state index in [0.29, 0.717) is 11.5 Å². The first-order chi connectivity index (χ1) is 33.0. The van der Waals surface area contributed by atoms with Gasteiger partial charge in [0.05, 0.1) is 21.6 Å². The first kappa shape index (κ1) is 37.8. The van der Waals surface area contributed by atoms with E-state index >= 15 is 0 Å². The molecule has 8 aromatic carbocycles. The minimum absolute atomic E-state index is 0.114. The Bertz CT molecular complexity index is 4180. The number of hydrogen-bond donors (Lipinski definition) is 0. The molecule has 316 valence electrons. The van der Waals surface area contributed by atoms with Crippen LogP contribution in [-0.2, 0) is 9.84 Å². The quantitative estimate of drug-likeness (QED) is 0.165. The number of hydrogen-bond acceptors (Lipinski definition) is 5. The van der Waals surface area contributed by atoms with E-state index in [-0.39, 0.29) is 16.2 Å². The fraction of sp³-hybridized carbons (Fsp3) is 0.0169. The number of nitrogens with zero attached hydrogens (tertiary/aromatic N) is 4. The van der Waals surface area contributed by atoms with Crippen molar-refractivity contribution >= 4 is 71.2 Å². The maximum absolute atomic E-state index is 14.7. The molecule has 0 radical (unpaired) electrons. The first-order valence-electron chi connectivity index (χ1n) is 22.4. The molecule has 0 saturated carbocycles. The van der Waals surface area contributed by atoms with Gasteiger partial charge in [0.1, 0.15) is 27.8 Å². The Morgan fingerprint density at radius 2 is 1.27 bits per heavy atom. The van der Waals surface area contributed by atoms with Gasteiger partial charge in [-0.2, -0.15) is 0 Å². The van der Waals surface area contributed by atoms with E-state index in [0.717, 1.165) is 105 Å². The van der Waals surface area contributed by atoms with Gasteiger partial charge in [0.15, 0.2) is 0 Å². The Hall–Kier alpha value is -8.59. The molecule has 0 saturated heterocycles. The summed E-state index contributed by atoms with van der Waals surface area (Å²) < 4.78 is 40.7. The summed E-state index contributed by atoms with van der Waals surface area (Å²) in [7, 11) is -3.93. The van der Waals surface area contributed by atoms with E-state index in [4.69, 9.17) is 9.72 Å². The van der Waals surface area contributed by atoms with Crippen molar-refractivity contribution in [3.05, 3.63) is 250 Å². The molecule has 7 nitrogen and oxygen atoms in total. The Morgan fingerprint density at radius 1 is 0.567 bits per heavy atom. The summed E-state index contributed by atoms with van der Waals surface area (Å²) in [6, 6.07) is 69.1. The highest BCUT2D eigenvalue weighted by atomic mass is 32.2. The Morgan fingerprint density at radius 3 is 2.07 bits per heavy atom. The predicted molar refractivity (Wildman–Crippen MR) is 266 cm³/mol. The molecule has 2 aliphatic carbocycles. The molecule has 2 aromatic heterocycles. The maximum atomic E-state index is 14.7. The van der Waals surface area contributed by atoms with Crippen LogP contribution in [0.3, 0.4) is 0 Å². The van der Waals surface area contributed by atoms with Gasteiger partial charge in [0, 0.05) is 70.2 Å². The van der Waals surface area contributed by atoms with Crippen LogP contribution in [0.5, 0.6) is 5.75 Å². The Balaban J connectivity index is 1.18. The van der Waals surface area contributed by atoms with Crippen LogP contribution in [0.15, 0.2) is 228 Å². The molecule has 0 bridgehead atoms. The summed E-state index contributed by atoms with van der Waals surface area (Å²) in [5, 5.41) is 6.24. The van der Waals surface area contributed by atoms with Crippen molar-refractivity contribution in [2.24, 2.45) is 0 Å². The molecule has 0 fully saturated rings. The monoisotopic (exact) mass is 881 g/mol. The van der Waals surface area contributed by atoms with E-state index < -0.39 is 9.84 Å². The van der Waals surface area contributed by atoms with Gasteiger partial charge in [-0.1, -0.05) is 109 Å². The Labute approximate surface area is 385 Å². The van der Waals surface area contributed by atoms with Gasteiger partial charge in [-0.25, -0.2) is 8.42 Å². The SMILES string of the molecule is O=S1(=O)C2=C(C=C3C(=c4cc(-n5c6ccccc6c6ccccc65)ccc4=c4cc5c(cc4-c4cccnc43)=[N+](c3ccccc3)c3ccccc3N5c3ccccc3)C2)Oc2ccccc21. The number of benzene rings is 8. The van der Waals surface area contributed by atoms with Crippen LogP contribution in [0.2, 0.25) is 0 Å². The fourth-order valence-corrected chi connectivity index (χ4v) is 12.4. The van der Waals surface area contributed by atoms with Gasteiger partial charge in [0.25, 0.3) is 0 Å². The van der Waals surface area contributed by atoms with Gasteiger partial charge in [0.2, 0.25) is 26.6 Å². The molecule has 2 aliphatic heterocycles. The van der Waals surface area contributed by atoms with Crippen molar-refractivity contribution < 1.29 is 13.2 Å². The number of pyridine rings is 1. The number of aromatic nitrogens is 2. The van der Waals surface area contributed by atoms with Crippen LogP contribution in [0, 0.1) is 10.4 Å². The second kappa shape index (κ2) is 14.2. The van der Waals surface area contributed by atoms with E-state index in [1.54, 1.807) is 24.3 Å². The van der Waals surface area contributed by atoms with Crippen LogP contribution < -0.4 is 24.8 Å². The molecule has 0 N–H and O–H groups in total. The highest BCUT2D eigenvalue weighted by Gasteiger charge is 2.39. The van der Waals surface area contributed by atoms with E-state index in [9.17, 15) is 8.42 Å². The summed E-state index contributed by atoms with van der Waals surface area (Å²) in [4.78, 5) is 7.97. The van der Waals surface area contributed by atoms with Gasteiger partial charge in [-0.3, -0.25) is 9.88 Å². The van der Waals surface area contributed by atoms with Crippen molar-refractivity contribution in [3.8, 4) is 22.6 Å². The van der Waals surface area contributed by atoms with Gasteiger partial charge >= 0.3 is 0 Å². The summed E-state index contributed by atoms with van der Waals surface area (Å²) in [6.07, 6.45) is 3.86. The van der Waals surface area contributed by atoms with E-state index in [1.807, 2.05) is 18.3 Å². The molecule has 67 heavy (non-hydrogen) atoms. The lowest BCUT2D eigenvalue weighted by atomic mass is 9.85. The number of sulfone groups is 1. The first-order valence-corrected chi connectivity index (χ1v) is 23.9. The second-order valence-corrected chi connectivity index (χ2v) is 19.2.